The average molecular weight is 363 g/mol. The average Bonchev–Trinajstić information content (AvgIpc) is 2.52. The lowest BCUT2D eigenvalue weighted by Crippen LogP contribution is -2.21. The van der Waals surface area contributed by atoms with Crippen LogP contribution in [0.25, 0.3) is 0 Å². The minimum Gasteiger partial charge on any atom is -0.478 e. The van der Waals surface area contributed by atoms with Gasteiger partial charge in [0.15, 0.2) is 0 Å². The minimum absolute atomic E-state index is 0.114. The lowest BCUT2D eigenvalue weighted by Gasteiger charge is -2.25. The summed E-state index contributed by atoms with van der Waals surface area (Å²) in [7, 11) is 0. The topological polar surface area (TPSA) is 63.6 Å². The normalized spacial score (nSPS) is 11.7. The van der Waals surface area contributed by atoms with Crippen LogP contribution in [0.1, 0.15) is 99.1 Å². The molecule has 0 fully saturated rings. The molecule has 0 saturated carbocycles. The predicted molar refractivity (Wildman–Crippen MR) is 105 cm³/mol. The maximum atomic E-state index is 12.5. The van der Waals surface area contributed by atoms with Crippen LogP contribution >= 0.6 is 0 Å². The number of ether oxygens (including phenoxy) is 1. The predicted octanol–water partition coefficient (Wildman–Crippen LogP) is 5.62. The third-order valence-corrected chi connectivity index (χ3v) is 4.49. The van der Waals surface area contributed by atoms with Crippen molar-refractivity contribution < 1.29 is 19.4 Å². The summed E-state index contributed by atoms with van der Waals surface area (Å²) in [6, 6.07) is 3.51. The molecule has 1 N–H and O–H groups in total. The molecule has 0 spiro atoms. The van der Waals surface area contributed by atoms with Crippen molar-refractivity contribution in [3.63, 3.8) is 0 Å². The summed E-state index contributed by atoms with van der Waals surface area (Å²) >= 11 is 0. The van der Waals surface area contributed by atoms with Gasteiger partial charge in [0, 0.05) is 0 Å². The van der Waals surface area contributed by atoms with Crippen LogP contribution in [0.15, 0.2) is 12.1 Å². The van der Waals surface area contributed by atoms with Crippen molar-refractivity contribution in [2.24, 2.45) is 5.92 Å². The number of carboxylic acids is 1. The van der Waals surface area contributed by atoms with Gasteiger partial charge in [-0.2, -0.15) is 0 Å². The Balaban J connectivity index is 3.35. The molecule has 4 nitrogen and oxygen atoms in total. The first kappa shape index (κ1) is 22.2. The Hall–Kier alpha value is -1.84. The van der Waals surface area contributed by atoms with Crippen molar-refractivity contribution in [3.05, 3.63) is 34.4 Å². The molecule has 0 unspecified atom stereocenters. The highest BCUT2D eigenvalue weighted by Gasteiger charge is 2.28. The van der Waals surface area contributed by atoms with E-state index in [2.05, 4.69) is 34.6 Å². The number of esters is 1. The van der Waals surface area contributed by atoms with Gasteiger partial charge in [-0.3, -0.25) is 0 Å². The van der Waals surface area contributed by atoms with Crippen molar-refractivity contribution in [1.29, 1.82) is 0 Å². The fourth-order valence-electron chi connectivity index (χ4n) is 3.10. The van der Waals surface area contributed by atoms with Gasteiger partial charge in [-0.15, -0.1) is 0 Å². The highest BCUT2D eigenvalue weighted by Crippen LogP contribution is 2.32. The Morgan fingerprint density at radius 1 is 1.15 bits per heavy atom. The molecule has 0 aliphatic heterocycles. The van der Waals surface area contributed by atoms with E-state index in [0.717, 1.165) is 36.8 Å². The van der Waals surface area contributed by atoms with Crippen molar-refractivity contribution in [3.8, 4) is 0 Å². The number of carbonyl (C=O) groups is 2. The highest BCUT2D eigenvalue weighted by molar-refractivity contribution is 6.03. The van der Waals surface area contributed by atoms with Crippen LogP contribution in [-0.4, -0.2) is 23.7 Å². The number of aromatic carboxylic acids is 1. The number of carbonyl (C=O) groups excluding carboxylic acids is 1. The molecule has 0 atom stereocenters. The standard InChI is InChI=1S/C22H34O4/c1-7-8-14-26-21(25)17-12-13-18(22(4,5)6)16(19(17)20(23)24)11-9-10-15(2)3/h12-13,15H,7-11,14H2,1-6H3,(H,23,24). The molecule has 0 saturated heterocycles. The van der Waals surface area contributed by atoms with Gasteiger partial charge < -0.3 is 9.84 Å². The first-order valence-corrected chi connectivity index (χ1v) is 9.66. The van der Waals surface area contributed by atoms with E-state index in [-0.39, 0.29) is 16.5 Å². The quantitative estimate of drug-likeness (QED) is 0.457. The molecule has 1 aromatic carbocycles. The Bertz CT molecular complexity index is 624. The van der Waals surface area contributed by atoms with Crippen LogP contribution in [0.5, 0.6) is 0 Å². The van der Waals surface area contributed by atoms with Crippen LogP contribution < -0.4 is 0 Å². The van der Waals surface area contributed by atoms with Gasteiger partial charge in [0.2, 0.25) is 0 Å². The molecule has 0 amide bonds. The molecule has 0 bridgehead atoms. The molecule has 0 aliphatic carbocycles. The minimum atomic E-state index is -1.06. The van der Waals surface area contributed by atoms with Crippen molar-refractivity contribution in [2.45, 2.75) is 79.1 Å². The molecular weight excluding hydrogens is 328 g/mol. The fourth-order valence-corrected chi connectivity index (χ4v) is 3.10. The van der Waals surface area contributed by atoms with Gasteiger partial charge >= 0.3 is 11.9 Å². The second-order valence-corrected chi connectivity index (χ2v) is 8.34. The SMILES string of the molecule is CCCCOC(=O)c1ccc(C(C)(C)C)c(CCCC(C)C)c1C(=O)O. The van der Waals surface area contributed by atoms with E-state index in [1.165, 1.54) is 0 Å². The summed E-state index contributed by atoms with van der Waals surface area (Å²) in [5.74, 6) is -1.04. The monoisotopic (exact) mass is 362 g/mol. The molecule has 0 aromatic heterocycles. The summed E-state index contributed by atoms with van der Waals surface area (Å²) in [6.07, 6.45) is 4.27. The molecular formula is C22H34O4. The van der Waals surface area contributed by atoms with E-state index in [9.17, 15) is 14.7 Å². The molecule has 1 aromatic rings. The molecule has 4 heteroatoms. The maximum absolute atomic E-state index is 12.5. The van der Waals surface area contributed by atoms with Gasteiger partial charge in [0.05, 0.1) is 17.7 Å². The summed E-state index contributed by atoms with van der Waals surface area (Å²) in [6.45, 7) is 12.9. The van der Waals surface area contributed by atoms with Gasteiger partial charge in [0.1, 0.15) is 0 Å². The van der Waals surface area contributed by atoms with Crippen molar-refractivity contribution in [1.82, 2.24) is 0 Å². The number of benzene rings is 1. The van der Waals surface area contributed by atoms with Crippen LogP contribution in [0, 0.1) is 5.92 Å². The number of unbranched alkanes of at least 4 members (excludes halogenated alkanes) is 1. The first-order chi connectivity index (χ1) is 12.1. The van der Waals surface area contributed by atoms with Gasteiger partial charge in [-0.1, -0.05) is 60.5 Å². The maximum Gasteiger partial charge on any atom is 0.339 e. The zero-order chi connectivity index (χ0) is 19.9. The fraction of sp³-hybridized carbons (Fsp3) is 0.636. The van der Waals surface area contributed by atoms with Crippen LogP contribution in [0.4, 0.5) is 0 Å². The molecule has 146 valence electrons. The Morgan fingerprint density at radius 2 is 1.81 bits per heavy atom. The molecule has 26 heavy (non-hydrogen) atoms. The first-order valence-electron chi connectivity index (χ1n) is 9.66. The third kappa shape index (κ3) is 6.15. The molecule has 1 rings (SSSR count). The second kappa shape index (κ2) is 9.75. The van der Waals surface area contributed by atoms with Gasteiger partial charge in [0.25, 0.3) is 0 Å². The van der Waals surface area contributed by atoms with Crippen LogP contribution in [0.2, 0.25) is 0 Å². The second-order valence-electron chi connectivity index (χ2n) is 8.34. The molecule has 0 radical (unpaired) electrons. The van der Waals surface area contributed by atoms with Crippen molar-refractivity contribution >= 4 is 11.9 Å². The van der Waals surface area contributed by atoms with Crippen molar-refractivity contribution in [2.75, 3.05) is 6.61 Å². The smallest absolute Gasteiger partial charge is 0.339 e. The zero-order valence-corrected chi connectivity index (χ0v) is 17.1. The van der Waals surface area contributed by atoms with Gasteiger partial charge in [-0.05, 0) is 47.8 Å². The van der Waals surface area contributed by atoms with Crippen LogP contribution in [-0.2, 0) is 16.6 Å². The van der Waals surface area contributed by atoms with E-state index in [0.29, 0.717) is 18.9 Å². The largest absolute Gasteiger partial charge is 0.478 e. The summed E-state index contributed by atoms with van der Waals surface area (Å²) in [4.78, 5) is 24.5. The highest BCUT2D eigenvalue weighted by atomic mass is 16.5. The number of hydrogen-bond acceptors (Lipinski definition) is 3. The third-order valence-electron chi connectivity index (χ3n) is 4.49. The Kier molecular flexibility index (Phi) is 8.32. The Morgan fingerprint density at radius 3 is 2.31 bits per heavy atom. The summed E-state index contributed by atoms with van der Waals surface area (Å²) < 4.78 is 5.28. The zero-order valence-electron chi connectivity index (χ0n) is 17.1. The number of carboxylic acid groups (broad SMARTS) is 1. The van der Waals surface area contributed by atoms with E-state index >= 15 is 0 Å². The van der Waals surface area contributed by atoms with Crippen LogP contribution in [0.3, 0.4) is 0 Å². The molecule has 0 heterocycles. The molecule has 0 aliphatic rings. The number of hydrogen-bond donors (Lipinski definition) is 1. The summed E-state index contributed by atoms with van der Waals surface area (Å²) in [5.41, 5.74) is 1.85. The van der Waals surface area contributed by atoms with E-state index in [1.807, 2.05) is 13.0 Å². The van der Waals surface area contributed by atoms with E-state index in [4.69, 9.17) is 4.74 Å². The Labute approximate surface area is 158 Å². The van der Waals surface area contributed by atoms with E-state index < -0.39 is 11.9 Å². The lowest BCUT2D eigenvalue weighted by atomic mass is 9.79. The summed E-state index contributed by atoms with van der Waals surface area (Å²) in [5, 5.41) is 9.86. The lowest BCUT2D eigenvalue weighted by molar-refractivity contribution is 0.0489. The van der Waals surface area contributed by atoms with Gasteiger partial charge in [-0.25, -0.2) is 9.59 Å². The number of rotatable bonds is 9. The van der Waals surface area contributed by atoms with E-state index in [1.54, 1.807) is 6.07 Å².